The normalized spacial score (nSPS) is 19.2. The Kier molecular flexibility index (Phi) is 8.93. The lowest BCUT2D eigenvalue weighted by atomic mass is 10.2. The molecule has 1 unspecified atom stereocenters. The van der Waals surface area contributed by atoms with E-state index in [-0.39, 0.29) is 18.1 Å². The van der Waals surface area contributed by atoms with E-state index in [1.807, 2.05) is 13.8 Å². The molecule has 1 N–H and O–H groups in total. The van der Waals surface area contributed by atoms with Gasteiger partial charge in [-0.2, -0.15) is 0 Å². The number of likely N-dealkylation sites (N-methyl/N-ethyl adjacent to an activating group) is 1. The van der Waals surface area contributed by atoms with Crippen LogP contribution in [0.2, 0.25) is 0 Å². The van der Waals surface area contributed by atoms with E-state index in [1.54, 1.807) is 19.0 Å². The smallest absolute Gasteiger partial charge is 0.236 e. The summed E-state index contributed by atoms with van der Waals surface area (Å²) in [6.45, 7) is 9.52. The molecule has 22 heavy (non-hydrogen) atoms. The van der Waals surface area contributed by atoms with E-state index in [1.165, 1.54) is 0 Å². The Morgan fingerprint density at radius 1 is 1.18 bits per heavy atom. The van der Waals surface area contributed by atoms with Gasteiger partial charge in [-0.3, -0.25) is 14.6 Å². The van der Waals surface area contributed by atoms with Crippen LogP contribution < -0.4 is 0 Å². The average molecular weight is 315 g/mol. The minimum atomic E-state index is -0.339. The number of amides is 1. The summed E-state index contributed by atoms with van der Waals surface area (Å²) in [5.41, 5.74) is 0. The largest absolute Gasteiger partial charge is 0.392 e. The molecule has 0 radical (unpaired) electrons. The maximum atomic E-state index is 11.8. The molecule has 0 spiro atoms. The molecule has 6 heteroatoms. The predicted octanol–water partition coefficient (Wildman–Crippen LogP) is 0.258. The molecule has 1 rings (SSSR count). The Labute approximate surface area is 135 Å². The van der Waals surface area contributed by atoms with E-state index in [2.05, 4.69) is 9.80 Å². The summed E-state index contributed by atoms with van der Waals surface area (Å²) in [5, 5.41) is 10.1. The molecule has 1 amide bonds. The second-order valence-corrected chi connectivity index (χ2v) is 6.58. The van der Waals surface area contributed by atoms with Crippen LogP contribution in [-0.4, -0.2) is 97.9 Å². The summed E-state index contributed by atoms with van der Waals surface area (Å²) in [6, 6.07) is 0. The van der Waals surface area contributed by atoms with Crippen LogP contribution in [0.3, 0.4) is 0 Å². The van der Waals surface area contributed by atoms with Crippen molar-refractivity contribution in [2.45, 2.75) is 38.9 Å². The van der Waals surface area contributed by atoms with Gasteiger partial charge >= 0.3 is 0 Å². The Morgan fingerprint density at radius 3 is 2.45 bits per heavy atom. The molecule has 1 atom stereocenters. The molecule has 0 bridgehead atoms. The van der Waals surface area contributed by atoms with Gasteiger partial charge in [-0.15, -0.1) is 0 Å². The zero-order chi connectivity index (χ0) is 16.5. The van der Waals surface area contributed by atoms with Gasteiger partial charge < -0.3 is 14.7 Å². The van der Waals surface area contributed by atoms with Crippen molar-refractivity contribution in [2.75, 3.05) is 60.0 Å². The minimum Gasteiger partial charge on any atom is -0.392 e. The van der Waals surface area contributed by atoms with Crippen LogP contribution in [0.1, 0.15) is 26.7 Å². The molecule has 1 fully saturated rings. The minimum absolute atomic E-state index is 0.152. The lowest BCUT2D eigenvalue weighted by Crippen LogP contribution is -2.39. The third-order valence-corrected chi connectivity index (χ3v) is 3.91. The van der Waals surface area contributed by atoms with Gasteiger partial charge in [-0.05, 0) is 39.8 Å². The number of rotatable bonds is 8. The van der Waals surface area contributed by atoms with E-state index in [0.717, 1.165) is 32.6 Å². The highest BCUT2D eigenvalue weighted by atomic mass is 16.5. The average Bonchev–Trinajstić information content (AvgIpc) is 2.63. The fourth-order valence-corrected chi connectivity index (χ4v) is 2.53. The molecule has 0 aromatic heterocycles. The van der Waals surface area contributed by atoms with Crippen molar-refractivity contribution >= 4 is 5.91 Å². The first-order chi connectivity index (χ1) is 10.4. The Hall–Kier alpha value is -0.690. The first kappa shape index (κ1) is 19.4. The molecule has 0 saturated carbocycles. The van der Waals surface area contributed by atoms with Gasteiger partial charge in [0.2, 0.25) is 5.91 Å². The second-order valence-electron chi connectivity index (χ2n) is 6.58. The third kappa shape index (κ3) is 8.08. The molecule has 1 aliphatic heterocycles. The van der Waals surface area contributed by atoms with Crippen LogP contribution in [0.15, 0.2) is 0 Å². The summed E-state index contributed by atoms with van der Waals surface area (Å²) in [7, 11) is 3.59. The Morgan fingerprint density at radius 2 is 1.82 bits per heavy atom. The van der Waals surface area contributed by atoms with Gasteiger partial charge in [-0.25, -0.2) is 0 Å². The van der Waals surface area contributed by atoms with E-state index in [9.17, 15) is 9.90 Å². The molecule has 1 saturated heterocycles. The standard InChI is InChI=1S/C16H33N3O3/c1-14(2)22-11-6-15(20)12-18-7-5-8-19(10-9-18)13-16(21)17(3)4/h14-15,20H,5-13H2,1-4H3. The number of hydrogen-bond acceptors (Lipinski definition) is 5. The van der Waals surface area contributed by atoms with Crippen LogP contribution in [0.5, 0.6) is 0 Å². The van der Waals surface area contributed by atoms with Gasteiger partial charge in [0.25, 0.3) is 0 Å². The van der Waals surface area contributed by atoms with Gasteiger partial charge in [0, 0.05) is 40.3 Å². The number of hydrogen-bond donors (Lipinski definition) is 1. The lowest BCUT2D eigenvalue weighted by molar-refractivity contribution is -0.129. The van der Waals surface area contributed by atoms with Crippen LogP contribution in [0.25, 0.3) is 0 Å². The summed E-state index contributed by atoms with van der Waals surface area (Å²) in [4.78, 5) is 17.9. The summed E-state index contributed by atoms with van der Waals surface area (Å²) in [5.74, 6) is 0.152. The van der Waals surface area contributed by atoms with Gasteiger partial charge in [0.05, 0.1) is 18.8 Å². The van der Waals surface area contributed by atoms with Crippen LogP contribution in [0, 0.1) is 0 Å². The second kappa shape index (κ2) is 10.2. The molecule has 130 valence electrons. The summed E-state index contributed by atoms with van der Waals surface area (Å²) < 4.78 is 5.48. The van der Waals surface area contributed by atoms with Crippen molar-refractivity contribution in [3.8, 4) is 0 Å². The predicted molar refractivity (Wildman–Crippen MR) is 87.9 cm³/mol. The van der Waals surface area contributed by atoms with Crippen molar-refractivity contribution in [3.63, 3.8) is 0 Å². The van der Waals surface area contributed by atoms with E-state index < -0.39 is 0 Å². The van der Waals surface area contributed by atoms with E-state index in [0.29, 0.717) is 26.1 Å². The highest BCUT2D eigenvalue weighted by Crippen LogP contribution is 2.06. The molecular weight excluding hydrogens is 282 g/mol. The SMILES string of the molecule is CC(C)OCCC(O)CN1CCCN(CC(=O)N(C)C)CC1. The number of carbonyl (C=O) groups is 1. The molecule has 0 aliphatic carbocycles. The summed E-state index contributed by atoms with van der Waals surface area (Å²) >= 11 is 0. The fraction of sp³-hybridized carbons (Fsp3) is 0.938. The molecule has 1 aliphatic rings. The first-order valence-corrected chi connectivity index (χ1v) is 8.33. The fourth-order valence-electron chi connectivity index (χ4n) is 2.53. The highest BCUT2D eigenvalue weighted by Gasteiger charge is 2.19. The molecule has 6 nitrogen and oxygen atoms in total. The maximum Gasteiger partial charge on any atom is 0.236 e. The van der Waals surface area contributed by atoms with Crippen molar-refractivity contribution < 1.29 is 14.6 Å². The Balaban J connectivity index is 2.26. The van der Waals surface area contributed by atoms with Crippen LogP contribution in [-0.2, 0) is 9.53 Å². The third-order valence-electron chi connectivity index (χ3n) is 3.91. The monoisotopic (exact) mass is 315 g/mol. The van der Waals surface area contributed by atoms with Crippen molar-refractivity contribution in [3.05, 3.63) is 0 Å². The van der Waals surface area contributed by atoms with Crippen LogP contribution >= 0.6 is 0 Å². The molecule has 0 aromatic rings. The number of aliphatic hydroxyl groups excluding tert-OH is 1. The molecular formula is C16H33N3O3. The zero-order valence-electron chi connectivity index (χ0n) is 14.6. The van der Waals surface area contributed by atoms with Gasteiger partial charge in [0.15, 0.2) is 0 Å². The van der Waals surface area contributed by atoms with Gasteiger partial charge in [-0.1, -0.05) is 0 Å². The number of aliphatic hydroxyl groups is 1. The van der Waals surface area contributed by atoms with Crippen molar-refractivity contribution in [1.82, 2.24) is 14.7 Å². The Bertz CT molecular complexity index is 324. The molecule has 0 aromatic carbocycles. The van der Waals surface area contributed by atoms with E-state index in [4.69, 9.17) is 4.74 Å². The van der Waals surface area contributed by atoms with Crippen molar-refractivity contribution in [1.29, 1.82) is 0 Å². The van der Waals surface area contributed by atoms with Gasteiger partial charge in [0.1, 0.15) is 0 Å². The highest BCUT2D eigenvalue weighted by molar-refractivity contribution is 5.77. The van der Waals surface area contributed by atoms with E-state index >= 15 is 0 Å². The summed E-state index contributed by atoms with van der Waals surface area (Å²) in [6.07, 6.45) is 1.59. The number of β-amino-alcohol motifs (C(OH)–C–C–N with tert-alkyl or cyclic N) is 1. The zero-order valence-corrected chi connectivity index (χ0v) is 14.6. The quantitative estimate of drug-likeness (QED) is 0.696. The van der Waals surface area contributed by atoms with Crippen molar-refractivity contribution in [2.24, 2.45) is 0 Å². The number of ether oxygens (including phenoxy) is 1. The maximum absolute atomic E-state index is 11.8. The van der Waals surface area contributed by atoms with Crippen LogP contribution in [0.4, 0.5) is 0 Å². The first-order valence-electron chi connectivity index (χ1n) is 8.33. The topological polar surface area (TPSA) is 56.3 Å². The lowest BCUT2D eigenvalue weighted by Gasteiger charge is -2.24. The molecule has 1 heterocycles. The number of nitrogens with zero attached hydrogens (tertiary/aromatic N) is 3. The number of carbonyl (C=O) groups excluding carboxylic acids is 1.